The Morgan fingerprint density at radius 1 is 0.957 bits per heavy atom. The third kappa shape index (κ3) is 4.47. The van der Waals surface area contributed by atoms with Crippen LogP contribution >= 0.6 is 23.2 Å². The van der Waals surface area contributed by atoms with E-state index >= 15 is 0 Å². The molecule has 0 heterocycles. The maximum absolute atomic E-state index is 12.0. The molecule has 0 saturated carbocycles. The van der Waals surface area contributed by atoms with Crippen LogP contribution in [-0.4, -0.2) is 32.5 Å². The number of rotatable bonds is 5. The van der Waals surface area contributed by atoms with E-state index in [-0.39, 0.29) is 17.4 Å². The molecule has 0 fully saturated rings. The van der Waals surface area contributed by atoms with Crippen molar-refractivity contribution < 1.29 is 14.3 Å². The largest absolute Gasteiger partial charge is 0.454 e. The molecule has 0 unspecified atom stereocenters. The second-order valence-corrected chi connectivity index (χ2v) is 5.88. The van der Waals surface area contributed by atoms with E-state index in [4.69, 9.17) is 27.9 Å². The van der Waals surface area contributed by atoms with Gasteiger partial charge >= 0.3 is 5.97 Å². The summed E-state index contributed by atoms with van der Waals surface area (Å²) >= 11 is 11.7. The van der Waals surface area contributed by atoms with Crippen LogP contribution in [0.5, 0.6) is 0 Å². The second kappa shape index (κ2) is 7.49. The summed E-state index contributed by atoms with van der Waals surface area (Å²) in [7, 11) is 3.81. The van der Waals surface area contributed by atoms with Gasteiger partial charge in [-0.3, -0.25) is 4.79 Å². The van der Waals surface area contributed by atoms with Crippen LogP contribution in [0.1, 0.15) is 20.7 Å². The van der Waals surface area contributed by atoms with Crippen molar-refractivity contribution in [3.05, 3.63) is 63.6 Å². The Hall–Kier alpha value is -2.04. The van der Waals surface area contributed by atoms with E-state index in [0.29, 0.717) is 16.1 Å². The summed E-state index contributed by atoms with van der Waals surface area (Å²) < 4.78 is 5.04. The Morgan fingerprint density at radius 2 is 1.57 bits per heavy atom. The summed E-state index contributed by atoms with van der Waals surface area (Å²) in [5.74, 6) is -0.898. The van der Waals surface area contributed by atoms with Crippen LogP contribution in [0.15, 0.2) is 42.5 Å². The maximum atomic E-state index is 12.0. The first kappa shape index (κ1) is 17.3. The molecule has 0 aliphatic rings. The van der Waals surface area contributed by atoms with Gasteiger partial charge in [0.2, 0.25) is 0 Å². The molecule has 2 aromatic rings. The lowest BCUT2D eigenvalue weighted by molar-refractivity contribution is 0.0475. The Morgan fingerprint density at radius 3 is 2.13 bits per heavy atom. The Balaban J connectivity index is 1.98. The number of esters is 1. The molecule has 6 heteroatoms. The van der Waals surface area contributed by atoms with E-state index < -0.39 is 5.97 Å². The normalized spacial score (nSPS) is 10.3. The Kier molecular flexibility index (Phi) is 5.64. The minimum atomic E-state index is -0.552. The molecule has 0 aliphatic heterocycles. The van der Waals surface area contributed by atoms with Crippen molar-refractivity contribution >= 4 is 40.6 Å². The molecular weight excluding hydrogens is 337 g/mol. The van der Waals surface area contributed by atoms with Crippen LogP contribution in [0, 0.1) is 0 Å². The highest BCUT2D eigenvalue weighted by Gasteiger charge is 2.13. The molecule has 0 N–H and O–H groups in total. The SMILES string of the molecule is CN(C)c1ccc(C(=O)OCC(=O)c2ccc(Cl)c(Cl)c2)cc1. The summed E-state index contributed by atoms with van der Waals surface area (Å²) in [5, 5.41) is 0.643. The van der Waals surface area contributed by atoms with Crippen LogP contribution in [0.25, 0.3) is 0 Å². The fraction of sp³-hybridized carbons (Fsp3) is 0.176. The van der Waals surface area contributed by atoms with Gasteiger partial charge in [-0.25, -0.2) is 4.79 Å². The van der Waals surface area contributed by atoms with Crippen molar-refractivity contribution in [1.82, 2.24) is 0 Å². The molecule has 0 atom stereocenters. The van der Waals surface area contributed by atoms with Crippen molar-refractivity contribution in [2.24, 2.45) is 0 Å². The molecule has 0 saturated heterocycles. The molecule has 2 aromatic carbocycles. The number of carbonyl (C=O) groups excluding carboxylic acids is 2. The first-order valence-electron chi connectivity index (χ1n) is 6.81. The number of ether oxygens (including phenoxy) is 1. The standard InChI is InChI=1S/C17H15Cl2NO3/c1-20(2)13-6-3-11(4-7-13)17(22)23-10-16(21)12-5-8-14(18)15(19)9-12/h3-9H,10H2,1-2H3. The van der Waals surface area contributed by atoms with Crippen molar-refractivity contribution in [3.8, 4) is 0 Å². The van der Waals surface area contributed by atoms with Crippen molar-refractivity contribution in [1.29, 1.82) is 0 Å². The maximum Gasteiger partial charge on any atom is 0.338 e. The molecule has 4 nitrogen and oxygen atoms in total. The highest BCUT2D eigenvalue weighted by Crippen LogP contribution is 2.22. The van der Waals surface area contributed by atoms with Gasteiger partial charge in [0, 0.05) is 25.3 Å². The predicted octanol–water partition coefficient (Wildman–Crippen LogP) is 4.10. The summed E-state index contributed by atoms with van der Waals surface area (Å²) in [5.41, 5.74) is 1.70. The van der Waals surface area contributed by atoms with Gasteiger partial charge < -0.3 is 9.64 Å². The highest BCUT2D eigenvalue weighted by atomic mass is 35.5. The number of benzene rings is 2. The van der Waals surface area contributed by atoms with E-state index in [2.05, 4.69) is 0 Å². The number of Topliss-reactive ketones (excluding diaryl/α,β-unsaturated/α-hetero) is 1. The summed E-state index contributed by atoms with van der Waals surface area (Å²) in [4.78, 5) is 25.9. The van der Waals surface area contributed by atoms with Gasteiger partial charge in [-0.1, -0.05) is 23.2 Å². The number of nitrogens with zero attached hydrogens (tertiary/aromatic N) is 1. The first-order valence-corrected chi connectivity index (χ1v) is 7.57. The zero-order chi connectivity index (χ0) is 17.0. The van der Waals surface area contributed by atoms with Gasteiger partial charge in [0.25, 0.3) is 0 Å². The highest BCUT2D eigenvalue weighted by molar-refractivity contribution is 6.42. The van der Waals surface area contributed by atoms with Crippen molar-refractivity contribution in [3.63, 3.8) is 0 Å². The number of anilines is 1. The molecule has 2 rings (SSSR count). The summed E-state index contributed by atoms with van der Waals surface area (Å²) in [6, 6.07) is 11.4. The average Bonchev–Trinajstić information content (AvgIpc) is 2.54. The fourth-order valence-electron chi connectivity index (χ4n) is 1.86. The molecule has 0 spiro atoms. The average molecular weight is 352 g/mol. The van der Waals surface area contributed by atoms with Gasteiger partial charge in [-0.2, -0.15) is 0 Å². The lowest BCUT2D eigenvalue weighted by atomic mass is 10.1. The lowest BCUT2D eigenvalue weighted by Gasteiger charge is -2.12. The Labute approximate surface area is 144 Å². The molecule has 0 aromatic heterocycles. The summed E-state index contributed by atoms with van der Waals surface area (Å²) in [6.45, 7) is -0.355. The van der Waals surface area contributed by atoms with Gasteiger partial charge in [0.05, 0.1) is 15.6 Å². The van der Waals surface area contributed by atoms with E-state index in [1.54, 1.807) is 24.3 Å². The van der Waals surface area contributed by atoms with Gasteiger partial charge in [-0.05, 0) is 42.5 Å². The molecule has 120 valence electrons. The quantitative estimate of drug-likeness (QED) is 0.600. The van der Waals surface area contributed by atoms with E-state index in [1.807, 2.05) is 19.0 Å². The molecular formula is C17H15Cl2NO3. The van der Waals surface area contributed by atoms with Crippen molar-refractivity contribution in [2.75, 3.05) is 25.6 Å². The molecule has 0 aliphatic carbocycles. The van der Waals surface area contributed by atoms with Crippen LogP contribution in [-0.2, 0) is 4.74 Å². The smallest absolute Gasteiger partial charge is 0.338 e. The lowest BCUT2D eigenvalue weighted by Crippen LogP contribution is -2.14. The number of hydrogen-bond donors (Lipinski definition) is 0. The first-order chi connectivity index (χ1) is 10.9. The van der Waals surface area contributed by atoms with Crippen LogP contribution in [0.4, 0.5) is 5.69 Å². The van der Waals surface area contributed by atoms with E-state index in [0.717, 1.165) is 5.69 Å². The number of ketones is 1. The van der Waals surface area contributed by atoms with Gasteiger partial charge in [-0.15, -0.1) is 0 Å². The van der Waals surface area contributed by atoms with Crippen LogP contribution < -0.4 is 4.90 Å². The predicted molar refractivity (Wildman–Crippen MR) is 91.8 cm³/mol. The zero-order valence-electron chi connectivity index (χ0n) is 12.7. The van der Waals surface area contributed by atoms with Gasteiger partial charge in [0.1, 0.15) is 0 Å². The van der Waals surface area contributed by atoms with Crippen molar-refractivity contribution in [2.45, 2.75) is 0 Å². The number of carbonyl (C=O) groups is 2. The molecule has 23 heavy (non-hydrogen) atoms. The minimum absolute atomic E-state index is 0.281. The van der Waals surface area contributed by atoms with Crippen LogP contribution in [0.2, 0.25) is 10.0 Å². The summed E-state index contributed by atoms with van der Waals surface area (Å²) in [6.07, 6.45) is 0. The zero-order valence-corrected chi connectivity index (χ0v) is 14.2. The molecule has 0 bridgehead atoms. The van der Waals surface area contributed by atoms with Crippen LogP contribution in [0.3, 0.4) is 0 Å². The van der Waals surface area contributed by atoms with E-state index in [1.165, 1.54) is 18.2 Å². The minimum Gasteiger partial charge on any atom is -0.454 e. The van der Waals surface area contributed by atoms with Gasteiger partial charge in [0.15, 0.2) is 12.4 Å². The Bertz CT molecular complexity index is 727. The third-order valence-electron chi connectivity index (χ3n) is 3.20. The third-order valence-corrected chi connectivity index (χ3v) is 3.93. The number of halogens is 2. The number of hydrogen-bond acceptors (Lipinski definition) is 4. The topological polar surface area (TPSA) is 46.6 Å². The second-order valence-electron chi connectivity index (χ2n) is 5.07. The fourth-order valence-corrected chi connectivity index (χ4v) is 2.16. The monoisotopic (exact) mass is 351 g/mol. The molecule has 0 amide bonds. The molecule has 0 radical (unpaired) electrons. The van der Waals surface area contributed by atoms with E-state index in [9.17, 15) is 9.59 Å².